The van der Waals surface area contributed by atoms with E-state index in [1.165, 1.54) is 61.3 Å². The fourth-order valence-corrected chi connectivity index (χ4v) is 9.14. The fraction of sp³-hybridized carbons (Fsp3) is 0.711. The first kappa shape index (κ1) is 53.9. The molecule has 0 radical (unpaired) electrons. The number of hydrogen-bond acceptors (Lipinski definition) is 10. The Hall–Kier alpha value is -3.45. The lowest BCUT2D eigenvalue weighted by Gasteiger charge is -2.53. The minimum Gasteiger partial charge on any atom is -0.426 e. The molecule has 2 spiro atoms. The average Bonchev–Trinajstić information content (AvgIpc) is 3.26. The van der Waals surface area contributed by atoms with Gasteiger partial charge in [0.15, 0.2) is 0 Å². The maximum absolute atomic E-state index is 12.6. The van der Waals surface area contributed by atoms with Gasteiger partial charge in [-0.1, -0.05) is 48.5 Å². The number of amides is 1. The van der Waals surface area contributed by atoms with Crippen LogP contribution in [0.15, 0.2) is 48.5 Å². The molecule has 6 saturated heterocycles. The highest BCUT2D eigenvalue weighted by molar-refractivity contribution is 5.69. The molecule has 384 valence electrons. The van der Waals surface area contributed by atoms with Gasteiger partial charge in [-0.3, -0.25) is 19.6 Å². The summed E-state index contributed by atoms with van der Waals surface area (Å²) in [6.07, 6.45) is -28.4. The van der Waals surface area contributed by atoms with Gasteiger partial charge >= 0.3 is 30.8 Å². The quantitative estimate of drug-likeness (QED) is 0.251. The van der Waals surface area contributed by atoms with E-state index in [2.05, 4.69) is 78.2 Å². The van der Waals surface area contributed by atoms with Gasteiger partial charge < -0.3 is 29.5 Å². The number of hydrogen-bond donors (Lipinski definition) is 2. The molecule has 6 heterocycles. The van der Waals surface area contributed by atoms with Crippen LogP contribution in [0, 0.1) is 10.8 Å². The third-order valence-corrected chi connectivity index (χ3v) is 13.5. The minimum absolute atomic E-state index is 0.109. The van der Waals surface area contributed by atoms with Crippen molar-refractivity contribution in [1.29, 1.82) is 0 Å². The maximum Gasteiger partial charge on any atom is 0.434 e. The van der Waals surface area contributed by atoms with Crippen molar-refractivity contribution in [2.75, 3.05) is 105 Å². The Kier molecular flexibility index (Phi) is 18.0. The van der Waals surface area contributed by atoms with Gasteiger partial charge in [0.2, 0.25) is 6.10 Å². The molecule has 0 saturated carbocycles. The van der Waals surface area contributed by atoms with Gasteiger partial charge in [-0.15, -0.1) is 0 Å². The van der Waals surface area contributed by atoms with E-state index >= 15 is 0 Å². The Morgan fingerprint density at radius 2 is 0.838 bits per heavy atom. The Bertz CT molecular complexity index is 1820. The predicted octanol–water partition coefficient (Wildman–Crippen LogP) is 7.22. The first-order valence-corrected chi connectivity index (χ1v) is 22.7. The molecule has 2 aromatic carbocycles. The van der Waals surface area contributed by atoms with Crippen LogP contribution in [-0.2, 0) is 40.4 Å². The maximum atomic E-state index is 12.6. The van der Waals surface area contributed by atoms with Crippen molar-refractivity contribution in [2.45, 2.75) is 88.8 Å². The number of ether oxygens (including phenoxy) is 3. The number of benzene rings is 2. The Morgan fingerprint density at radius 1 is 0.529 bits per heavy atom. The SMILES string of the molecule is O=C(OC(C(F)(F)F)C(F)(F)F)N1CC2(CCN(Cc3ccc(CN4CCOCC4)cc3)CC2)C1.OC(C(F)(F)F)C(F)(F)F.c1cc(CN2CCC3(CC2)CNC3)ccc1CN1CCOCC1. The number of rotatable bonds is 9. The molecule has 23 heteroatoms. The zero-order chi connectivity index (χ0) is 49.4. The monoisotopic (exact) mass is 992 g/mol. The largest absolute Gasteiger partial charge is 0.434 e. The highest BCUT2D eigenvalue weighted by Crippen LogP contribution is 2.43. The number of carbonyl (C=O) groups excluding carboxylic acids is 1. The van der Waals surface area contributed by atoms with Gasteiger partial charge in [-0.05, 0) is 79.5 Å². The van der Waals surface area contributed by atoms with Crippen LogP contribution < -0.4 is 5.32 Å². The van der Waals surface area contributed by atoms with Crippen molar-refractivity contribution in [3.05, 3.63) is 70.8 Å². The van der Waals surface area contributed by atoms with Crippen LogP contribution in [0.4, 0.5) is 57.5 Å². The summed E-state index contributed by atoms with van der Waals surface area (Å²) in [6, 6.07) is 17.7. The van der Waals surface area contributed by atoms with Gasteiger partial charge in [0.05, 0.1) is 26.4 Å². The molecule has 2 N–H and O–H groups in total. The number of morpholine rings is 2. The molecule has 6 aliphatic heterocycles. The van der Waals surface area contributed by atoms with E-state index in [9.17, 15) is 57.5 Å². The lowest BCUT2D eigenvalue weighted by atomic mass is 9.72. The Balaban J connectivity index is 0.000000197. The normalized spacial score (nSPS) is 22.0. The number of nitrogens with zero attached hydrogens (tertiary/aromatic N) is 5. The molecular weight excluding hydrogens is 933 g/mol. The molecule has 2 aromatic rings. The molecule has 68 heavy (non-hydrogen) atoms. The summed E-state index contributed by atoms with van der Waals surface area (Å²) in [5.41, 5.74) is 5.68. The van der Waals surface area contributed by atoms with Crippen LogP contribution >= 0.6 is 0 Å². The summed E-state index contributed by atoms with van der Waals surface area (Å²) < 4.78 is 156. The molecule has 0 bridgehead atoms. The van der Waals surface area contributed by atoms with E-state index in [0.717, 1.165) is 96.8 Å². The molecule has 1 amide bonds. The van der Waals surface area contributed by atoms with Gasteiger partial charge in [-0.2, -0.15) is 52.7 Å². The third kappa shape index (κ3) is 15.8. The molecular formula is C45H60F12N6O5. The number of alkyl halides is 12. The van der Waals surface area contributed by atoms with E-state index < -0.39 is 43.0 Å². The number of nitrogens with one attached hydrogen (secondary N) is 1. The smallest absolute Gasteiger partial charge is 0.426 e. The minimum atomic E-state index is -5.71. The standard InChI is InChI=1S/C23H29F6N3O3.C19H29N3O.C3H2F6O/c24-22(25,26)19(23(27,28)29)35-20(33)32-15-21(16-32)5-7-30(8-6-21)13-17-1-3-18(4-2-17)14-31-9-11-34-12-10-31;1-3-18(14-22-9-11-23-12-10-22)4-2-17(1)13-21-7-5-19(6-8-21)15-20-16-19;4-2(5,6)1(10)3(7,8)9/h1-4,19H,5-16H2;1-4,20H,5-16H2;1,10H. The van der Waals surface area contributed by atoms with Crippen LogP contribution in [0.2, 0.25) is 0 Å². The molecule has 11 nitrogen and oxygen atoms in total. The van der Waals surface area contributed by atoms with Crippen molar-refractivity contribution in [2.24, 2.45) is 10.8 Å². The average molecular weight is 993 g/mol. The van der Waals surface area contributed by atoms with E-state index in [-0.39, 0.29) is 18.5 Å². The van der Waals surface area contributed by atoms with Crippen LogP contribution in [-0.4, -0.2) is 178 Å². The highest BCUT2D eigenvalue weighted by atomic mass is 19.4. The lowest BCUT2D eigenvalue weighted by Crippen LogP contribution is -2.62. The number of aliphatic hydroxyl groups excluding tert-OH is 1. The molecule has 6 aliphatic rings. The van der Waals surface area contributed by atoms with E-state index in [4.69, 9.17) is 14.6 Å². The second-order valence-corrected chi connectivity index (χ2v) is 18.8. The van der Waals surface area contributed by atoms with Gasteiger partial charge in [0, 0.05) is 84.0 Å². The first-order valence-electron chi connectivity index (χ1n) is 22.7. The number of halogens is 12. The summed E-state index contributed by atoms with van der Waals surface area (Å²) >= 11 is 0. The number of piperidine rings is 2. The summed E-state index contributed by atoms with van der Waals surface area (Å²) in [6.45, 7) is 17.8. The van der Waals surface area contributed by atoms with E-state index in [1.54, 1.807) is 0 Å². The van der Waals surface area contributed by atoms with Crippen molar-refractivity contribution in [3.8, 4) is 0 Å². The summed E-state index contributed by atoms with van der Waals surface area (Å²) in [7, 11) is 0. The number of likely N-dealkylation sites (tertiary alicyclic amines) is 3. The fourth-order valence-electron chi connectivity index (χ4n) is 9.14. The summed E-state index contributed by atoms with van der Waals surface area (Å²) in [5, 5.41) is 10.9. The first-order chi connectivity index (χ1) is 31.9. The Morgan fingerprint density at radius 3 is 1.10 bits per heavy atom. The number of carbonyl (C=O) groups is 1. The predicted molar refractivity (Wildman–Crippen MR) is 224 cm³/mol. The van der Waals surface area contributed by atoms with Crippen molar-refractivity contribution in [3.63, 3.8) is 0 Å². The van der Waals surface area contributed by atoms with Gasteiger partial charge in [-0.25, -0.2) is 4.79 Å². The van der Waals surface area contributed by atoms with Gasteiger partial charge in [0.25, 0.3) is 6.10 Å². The molecule has 0 aromatic heterocycles. The molecule has 0 aliphatic carbocycles. The van der Waals surface area contributed by atoms with Crippen molar-refractivity contribution >= 4 is 6.09 Å². The lowest BCUT2D eigenvalue weighted by molar-refractivity contribution is -0.310. The zero-order valence-electron chi connectivity index (χ0n) is 37.6. The zero-order valence-corrected chi connectivity index (χ0v) is 37.6. The van der Waals surface area contributed by atoms with Crippen molar-refractivity contribution in [1.82, 2.24) is 29.8 Å². The molecule has 6 fully saturated rings. The van der Waals surface area contributed by atoms with Crippen LogP contribution in [0.1, 0.15) is 47.9 Å². The third-order valence-electron chi connectivity index (χ3n) is 13.5. The van der Waals surface area contributed by atoms with Crippen molar-refractivity contribution < 1.29 is 76.8 Å². The number of aliphatic hydroxyl groups is 1. The van der Waals surface area contributed by atoms with E-state index in [0.29, 0.717) is 18.3 Å². The van der Waals surface area contributed by atoms with Crippen LogP contribution in [0.5, 0.6) is 0 Å². The topological polar surface area (TPSA) is 93.2 Å². The second kappa shape index (κ2) is 22.7. The van der Waals surface area contributed by atoms with Crippen LogP contribution in [0.3, 0.4) is 0 Å². The summed E-state index contributed by atoms with van der Waals surface area (Å²) in [4.78, 5) is 22.6. The Labute approximate surface area is 387 Å². The second-order valence-electron chi connectivity index (χ2n) is 18.8. The molecule has 0 atom stereocenters. The van der Waals surface area contributed by atoms with Crippen LogP contribution in [0.25, 0.3) is 0 Å². The molecule has 0 unspecified atom stereocenters. The van der Waals surface area contributed by atoms with E-state index in [1.807, 2.05) is 0 Å². The molecule has 8 rings (SSSR count). The summed E-state index contributed by atoms with van der Waals surface area (Å²) in [5.74, 6) is 0. The highest BCUT2D eigenvalue weighted by Gasteiger charge is 2.61. The van der Waals surface area contributed by atoms with Gasteiger partial charge in [0.1, 0.15) is 0 Å².